The average Bonchev–Trinajstić information content (AvgIpc) is 2.95. The molecule has 210 valence electrons. The van der Waals surface area contributed by atoms with E-state index < -0.39 is 35.6 Å². The van der Waals surface area contributed by atoms with Crippen LogP contribution in [0, 0.1) is 24.8 Å². The van der Waals surface area contributed by atoms with Crippen molar-refractivity contribution in [1.29, 1.82) is 0 Å². The van der Waals surface area contributed by atoms with Gasteiger partial charge < -0.3 is 20.1 Å². The Kier molecular flexibility index (Phi) is 10.2. The maximum Gasteiger partial charge on any atom is 0.408 e. The largest absolute Gasteiger partial charge is 0.497 e. The van der Waals surface area contributed by atoms with Crippen LogP contribution in [0.3, 0.4) is 0 Å². The zero-order valence-corrected chi connectivity index (χ0v) is 23.5. The SMILES string of the molecule is C#Cc1ccc(C(C(=O)Nc2ccc(OC)cc2)N(C#C)C(=O)C(Cc2ccccc2)NC(=O)OC(C)(C)C)cc1. The normalized spacial score (nSPS) is 12.0. The van der Waals surface area contributed by atoms with Crippen LogP contribution < -0.4 is 15.4 Å². The van der Waals surface area contributed by atoms with Crippen molar-refractivity contribution >= 4 is 23.6 Å². The molecule has 41 heavy (non-hydrogen) atoms. The van der Waals surface area contributed by atoms with Crippen molar-refractivity contribution in [2.24, 2.45) is 0 Å². The molecule has 0 heterocycles. The lowest BCUT2D eigenvalue weighted by Gasteiger charge is -2.30. The molecule has 8 nitrogen and oxygen atoms in total. The Hall–Kier alpha value is -5.21. The molecule has 0 fully saturated rings. The highest BCUT2D eigenvalue weighted by Crippen LogP contribution is 2.25. The molecule has 0 aliphatic rings. The second-order valence-corrected chi connectivity index (χ2v) is 10.1. The summed E-state index contributed by atoms with van der Waals surface area (Å²) in [7, 11) is 1.54. The first-order chi connectivity index (χ1) is 19.5. The third-order valence-corrected chi connectivity index (χ3v) is 5.91. The molecule has 3 rings (SSSR count). The minimum absolute atomic E-state index is 0.111. The minimum Gasteiger partial charge on any atom is -0.497 e. The van der Waals surface area contributed by atoms with Gasteiger partial charge in [0.05, 0.1) is 7.11 Å². The summed E-state index contributed by atoms with van der Waals surface area (Å²) < 4.78 is 10.6. The smallest absolute Gasteiger partial charge is 0.408 e. The minimum atomic E-state index is -1.25. The van der Waals surface area contributed by atoms with Crippen LogP contribution in [0.15, 0.2) is 78.9 Å². The Labute approximate surface area is 241 Å². The van der Waals surface area contributed by atoms with Crippen molar-refractivity contribution in [2.45, 2.75) is 44.9 Å². The Balaban J connectivity index is 2.00. The van der Waals surface area contributed by atoms with Crippen LogP contribution in [0.2, 0.25) is 0 Å². The summed E-state index contributed by atoms with van der Waals surface area (Å²) >= 11 is 0. The van der Waals surface area contributed by atoms with Gasteiger partial charge in [0.1, 0.15) is 23.4 Å². The predicted molar refractivity (Wildman–Crippen MR) is 158 cm³/mol. The van der Waals surface area contributed by atoms with Crippen molar-refractivity contribution < 1.29 is 23.9 Å². The number of nitrogens with zero attached hydrogens (tertiary/aromatic N) is 1. The molecule has 0 aromatic heterocycles. The van der Waals surface area contributed by atoms with Gasteiger partial charge in [-0.25, -0.2) is 4.79 Å². The summed E-state index contributed by atoms with van der Waals surface area (Å²) in [5.41, 5.74) is 1.47. The number of alkyl carbamates (subject to hydrolysis) is 1. The fraction of sp³-hybridized carbons (Fsp3) is 0.242. The van der Waals surface area contributed by atoms with Crippen molar-refractivity contribution in [3.8, 4) is 30.6 Å². The first-order valence-electron chi connectivity index (χ1n) is 12.9. The monoisotopic (exact) mass is 551 g/mol. The Morgan fingerprint density at radius 3 is 2.10 bits per heavy atom. The zero-order chi connectivity index (χ0) is 30.0. The molecule has 0 radical (unpaired) electrons. The highest BCUT2D eigenvalue weighted by Gasteiger charge is 2.36. The molecule has 3 aromatic rings. The number of nitrogens with one attached hydrogen (secondary N) is 2. The van der Waals surface area contributed by atoms with Crippen LogP contribution in [0.1, 0.15) is 43.5 Å². The van der Waals surface area contributed by atoms with Crippen molar-refractivity contribution in [3.63, 3.8) is 0 Å². The summed E-state index contributed by atoms with van der Waals surface area (Å²) in [4.78, 5) is 41.5. The molecule has 0 bridgehead atoms. The first-order valence-corrected chi connectivity index (χ1v) is 12.9. The summed E-state index contributed by atoms with van der Waals surface area (Å²) in [6.07, 6.45) is 10.7. The van der Waals surface area contributed by atoms with Crippen molar-refractivity contribution in [2.75, 3.05) is 12.4 Å². The maximum absolute atomic E-state index is 14.0. The van der Waals surface area contributed by atoms with Gasteiger partial charge in [-0.15, -0.1) is 6.42 Å². The number of rotatable bonds is 9. The van der Waals surface area contributed by atoms with Crippen LogP contribution in [0.5, 0.6) is 5.75 Å². The van der Waals surface area contributed by atoms with Gasteiger partial charge in [-0.2, -0.15) is 0 Å². The fourth-order valence-electron chi connectivity index (χ4n) is 4.00. The van der Waals surface area contributed by atoms with E-state index in [4.69, 9.17) is 22.3 Å². The Morgan fingerprint density at radius 2 is 1.56 bits per heavy atom. The number of carbonyl (C=O) groups is 3. The molecule has 0 saturated carbocycles. The molecule has 2 atom stereocenters. The second-order valence-electron chi connectivity index (χ2n) is 10.1. The standard InChI is InChI=1S/C33H33N3O5/c1-7-23-14-16-25(17-15-23)29(30(37)34-26-18-20-27(40-6)21-19-26)36(8-2)31(38)28(22-24-12-10-9-11-13-24)35-32(39)41-33(3,4)5/h1-2,9-21,28-29H,22H2,3-6H3,(H,34,37)(H,35,39). The molecular formula is C33H33N3O5. The molecule has 0 aliphatic carbocycles. The predicted octanol–water partition coefficient (Wildman–Crippen LogP) is 4.91. The molecule has 3 amide bonds. The van der Waals surface area contributed by atoms with E-state index in [0.29, 0.717) is 22.6 Å². The van der Waals surface area contributed by atoms with E-state index in [0.717, 1.165) is 10.5 Å². The van der Waals surface area contributed by atoms with Gasteiger partial charge in [0.2, 0.25) is 0 Å². The maximum atomic E-state index is 14.0. The van der Waals surface area contributed by atoms with Crippen molar-refractivity contribution in [3.05, 3.63) is 95.6 Å². The van der Waals surface area contributed by atoms with E-state index in [1.807, 2.05) is 30.3 Å². The lowest BCUT2D eigenvalue weighted by atomic mass is 10.00. The van der Waals surface area contributed by atoms with Crippen LogP contribution >= 0.6 is 0 Å². The van der Waals surface area contributed by atoms with Crippen LogP contribution in [-0.2, 0) is 20.7 Å². The quantitative estimate of drug-likeness (QED) is 0.291. The number of hydrogen-bond acceptors (Lipinski definition) is 5. The number of benzene rings is 3. The fourth-order valence-corrected chi connectivity index (χ4v) is 4.00. The van der Waals surface area contributed by atoms with Gasteiger partial charge >= 0.3 is 6.09 Å². The summed E-state index contributed by atoms with van der Waals surface area (Å²) in [6.45, 7) is 5.15. The van der Waals surface area contributed by atoms with E-state index in [9.17, 15) is 14.4 Å². The van der Waals surface area contributed by atoms with Crippen LogP contribution in [0.25, 0.3) is 0 Å². The molecule has 2 N–H and O–H groups in total. The van der Waals surface area contributed by atoms with E-state index in [2.05, 4.69) is 22.6 Å². The number of anilines is 1. The molecule has 0 spiro atoms. The Bertz CT molecular complexity index is 1430. The van der Waals surface area contributed by atoms with E-state index in [-0.39, 0.29) is 6.42 Å². The number of ether oxygens (including phenoxy) is 2. The van der Waals surface area contributed by atoms with Crippen LogP contribution in [-0.4, -0.2) is 41.6 Å². The third-order valence-electron chi connectivity index (χ3n) is 5.91. The number of methoxy groups -OCH3 is 1. The summed E-state index contributed by atoms with van der Waals surface area (Å²) in [5, 5.41) is 5.46. The summed E-state index contributed by atoms with van der Waals surface area (Å²) in [5.74, 6) is 1.91. The average molecular weight is 552 g/mol. The lowest BCUT2D eigenvalue weighted by molar-refractivity contribution is -0.136. The van der Waals surface area contributed by atoms with Crippen molar-refractivity contribution in [1.82, 2.24) is 10.2 Å². The highest BCUT2D eigenvalue weighted by molar-refractivity contribution is 5.99. The first kappa shape index (κ1) is 30.3. The molecule has 0 saturated heterocycles. The lowest BCUT2D eigenvalue weighted by Crippen LogP contribution is -2.51. The van der Waals surface area contributed by atoms with E-state index in [1.165, 1.54) is 7.11 Å². The van der Waals surface area contributed by atoms with E-state index in [1.54, 1.807) is 69.3 Å². The second kappa shape index (κ2) is 13.7. The van der Waals surface area contributed by atoms with Gasteiger partial charge in [0.25, 0.3) is 11.8 Å². The van der Waals surface area contributed by atoms with Crippen LogP contribution in [0.4, 0.5) is 10.5 Å². The number of hydrogen-bond donors (Lipinski definition) is 2. The topological polar surface area (TPSA) is 97.0 Å². The number of terminal acetylenes is 2. The number of carbonyl (C=O) groups excluding carboxylic acids is 3. The molecule has 8 heteroatoms. The molecular weight excluding hydrogens is 518 g/mol. The molecule has 0 aliphatic heterocycles. The third kappa shape index (κ3) is 8.64. The highest BCUT2D eigenvalue weighted by atomic mass is 16.6. The zero-order valence-electron chi connectivity index (χ0n) is 23.5. The molecule has 2 unspecified atom stereocenters. The number of amides is 3. The molecule has 3 aromatic carbocycles. The van der Waals surface area contributed by atoms with E-state index >= 15 is 0 Å². The Morgan fingerprint density at radius 1 is 0.927 bits per heavy atom. The van der Waals surface area contributed by atoms with Gasteiger partial charge in [0.15, 0.2) is 0 Å². The van der Waals surface area contributed by atoms with Gasteiger partial charge in [-0.3, -0.25) is 14.5 Å². The van der Waals surface area contributed by atoms with Gasteiger partial charge in [-0.1, -0.05) is 54.8 Å². The summed E-state index contributed by atoms with van der Waals surface area (Å²) in [6, 6.07) is 22.4. The van der Waals surface area contributed by atoms with Gasteiger partial charge in [0, 0.05) is 23.7 Å². The van der Waals surface area contributed by atoms with Gasteiger partial charge in [-0.05, 0) is 68.3 Å².